The van der Waals surface area contributed by atoms with Gasteiger partial charge < -0.3 is 15.2 Å². The molecule has 4 nitrogen and oxygen atoms in total. The fraction of sp³-hybridized carbons (Fsp3) is 0.923. The van der Waals surface area contributed by atoms with Crippen molar-refractivity contribution in [3.8, 4) is 0 Å². The second kappa shape index (κ2) is 10.5. The summed E-state index contributed by atoms with van der Waals surface area (Å²) in [6.45, 7) is 8.29. The van der Waals surface area contributed by atoms with E-state index in [2.05, 4.69) is 26.1 Å². The van der Waals surface area contributed by atoms with Crippen LogP contribution in [-0.2, 0) is 9.53 Å². The fourth-order valence-electron chi connectivity index (χ4n) is 1.47. The lowest BCUT2D eigenvalue weighted by atomic mass is 10.0. The SMILES string of the molecule is CCCCOCCNC(CCC(C)C)C(=O)O. The van der Waals surface area contributed by atoms with Crippen molar-refractivity contribution in [2.45, 2.75) is 52.5 Å². The summed E-state index contributed by atoms with van der Waals surface area (Å²) in [5.74, 6) is -0.223. The molecule has 0 fully saturated rings. The number of hydrogen-bond acceptors (Lipinski definition) is 3. The quantitative estimate of drug-likeness (QED) is 0.548. The molecule has 102 valence electrons. The summed E-state index contributed by atoms with van der Waals surface area (Å²) in [6, 6.07) is -0.438. The average molecular weight is 245 g/mol. The van der Waals surface area contributed by atoms with Gasteiger partial charge in [-0.25, -0.2) is 0 Å². The van der Waals surface area contributed by atoms with Crippen molar-refractivity contribution in [3.63, 3.8) is 0 Å². The van der Waals surface area contributed by atoms with Crippen molar-refractivity contribution < 1.29 is 14.6 Å². The second-order valence-electron chi connectivity index (χ2n) is 4.78. The molecule has 0 aliphatic heterocycles. The zero-order valence-electron chi connectivity index (χ0n) is 11.4. The van der Waals surface area contributed by atoms with E-state index in [9.17, 15) is 4.79 Å². The Kier molecular flexibility index (Phi) is 10.2. The smallest absolute Gasteiger partial charge is 0.320 e. The largest absolute Gasteiger partial charge is 0.480 e. The highest BCUT2D eigenvalue weighted by Crippen LogP contribution is 2.06. The molecule has 1 unspecified atom stereocenters. The van der Waals surface area contributed by atoms with Crippen LogP contribution in [0.15, 0.2) is 0 Å². The fourth-order valence-corrected chi connectivity index (χ4v) is 1.47. The first-order chi connectivity index (χ1) is 8.07. The molecule has 0 bridgehead atoms. The first-order valence-corrected chi connectivity index (χ1v) is 6.61. The number of carbonyl (C=O) groups is 1. The van der Waals surface area contributed by atoms with Gasteiger partial charge in [0.2, 0.25) is 0 Å². The topological polar surface area (TPSA) is 58.6 Å². The molecule has 0 aliphatic carbocycles. The monoisotopic (exact) mass is 245 g/mol. The molecule has 4 heteroatoms. The molecule has 0 radical (unpaired) electrons. The van der Waals surface area contributed by atoms with Gasteiger partial charge in [-0.3, -0.25) is 4.79 Å². The molecule has 0 saturated carbocycles. The molecule has 0 spiro atoms. The highest BCUT2D eigenvalue weighted by molar-refractivity contribution is 5.73. The highest BCUT2D eigenvalue weighted by atomic mass is 16.5. The number of carboxylic acids is 1. The molecule has 0 rings (SSSR count). The van der Waals surface area contributed by atoms with Crippen LogP contribution in [0.3, 0.4) is 0 Å². The van der Waals surface area contributed by atoms with Crippen molar-refractivity contribution in [3.05, 3.63) is 0 Å². The van der Waals surface area contributed by atoms with E-state index in [4.69, 9.17) is 9.84 Å². The van der Waals surface area contributed by atoms with Crippen LogP contribution < -0.4 is 5.32 Å². The minimum atomic E-state index is -0.765. The number of rotatable bonds is 11. The summed E-state index contributed by atoms with van der Waals surface area (Å²) in [6.07, 6.45) is 3.80. The lowest BCUT2D eigenvalue weighted by molar-refractivity contribution is -0.139. The van der Waals surface area contributed by atoms with Crippen LogP contribution >= 0.6 is 0 Å². The van der Waals surface area contributed by atoms with Gasteiger partial charge in [0.1, 0.15) is 6.04 Å². The first-order valence-electron chi connectivity index (χ1n) is 6.61. The maximum atomic E-state index is 11.0. The molecule has 0 amide bonds. The number of nitrogens with one attached hydrogen (secondary N) is 1. The predicted molar refractivity (Wildman–Crippen MR) is 69.2 cm³/mol. The van der Waals surface area contributed by atoms with Crippen LogP contribution in [0.5, 0.6) is 0 Å². The molecule has 17 heavy (non-hydrogen) atoms. The van der Waals surface area contributed by atoms with Gasteiger partial charge in [0.15, 0.2) is 0 Å². The lowest BCUT2D eigenvalue weighted by Gasteiger charge is -2.15. The van der Waals surface area contributed by atoms with Crippen LogP contribution in [0, 0.1) is 5.92 Å². The summed E-state index contributed by atoms with van der Waals surface area (Å²) in [4.78, 5) is 11.0. The van der Waals surface area contributed by atoms with Crippen molar-refractivity contribution in [1.29, 1.82) is 0 Å². The maximum Gasteiger partial charge on any atom is 0.320 e. The van der Waals surface area contributed by atoms with E-state index in [1.54, 1.807) is 0 Å². The molecule has 0 aliphatic rings. The summed E-state index contributed by atoms with van der Waals surface area (Å²) in [5.41, 5.74) is 0. The van der Waals surface area contributed by atoms with E-state index >= 15 is 0 Å². The summed E-state index contributed by atoms with van der Waals surface area (Å²) < 4.78 is 5.37. The van der Waals surface area contributed by atoms with Gasteiger partial charge in [-0.05, 0) is 25.2 Å². The highest BCUT2D eigenvalue weighted by Gasteiger charge is 2.16. The Bertz CT molecular complexity index is 195. The van der Waals surface area contributed by atoms with E-state index < -0.39 is 12.0 Å². The summed E-state index contributed by atoms with van der Waals surface area (Å²) in [7, 11) is 0. The Morgan fingerprint density at radius 2 is 2.00 bits per heavy atom. The molecule has 0 aromatic heterocycles. The number of ether oxygens (including phenoxy) is 1. The standard InChI is InChI=1S/C13H27NO3/c1-4-5-9-17-10-8-14-12(13(15)16)7-6-11(2)3/h11-12,14H,4-10H2,1-3H3,(H,15,16). The van der Waals surface area contributed by atoms with Crippen molar-refractivity contribution >= 4 is 5.97 Å². The van der Waals surface area contributed by atoms with E-state index in [0.717, 1.165) is 25.9 Å². The third-order valence-electron chi connectivity index (χ3n) is 2.61. The minimum absolute atomic E-state index is 0.438. The number of carboxylic acid groups (broad SMARTS) is 1. The zero-order valence-corrected chi connectivity index (χ0v) is 11.4. The van der Waals surface area contributed by atoms with Crippen LogP contribution in [0.1, 0.15) is 46.5 Å². The summed E-state index contributed by atoms with van der Waals surface area (Å²) >= 11 is 0. The molecular formula is C13H27NO3. The average Bonchev–Trinajstić information content (AvgIpc) is 2.26. The lowest BCUT2D eigenvalue weighted by Crippen LogP contribution is -2.38. The Balaban J connectivity index is 3.60. The summed E-state index contributed by atoms with van der Waals surface area (Å²) in [5, 5.41) is 12.1. The van der Waals surface area contributed by atoms with Gasteiger partial charge in [-0.1, -0.05) is 27.2 Å². The molecule has 2 N–H and O–H groups in total. The van der Waals surface area contributed by atoms with Gasteiger partial charge in [0, 0.05) is 13.2 Å². The Morgan fingerprint density at radius 3 is 2.53 bits per heavy atom. The van der Waals surface area contributed by atoms with E-state index in [0.29, 0.717) is 25.5 Å². The Labute approximate surface area is 105 Å². The zero-order chi connectivity index (χ0) is 13.1. The van der Waals surface area contributed by atoms with Crippen molar-refractivity contribution in [1.82, 2.24) is 5.32 Å². The number of hydrogen-bond donors (Lipinski definition) is 2. The van der Waals surface area contributed by atoms with Crippen LogP contribution in [0.25, 0.3) is 0 Å². The van der Waals surface area contributed by atoms with Crippen molar-refractivity contribution in [2.24, 2.45) is 5.92 Å². The predicted octanol–water partition coefficient (Wildman–Crippen LogP) is 2.28. The Morgan fingerprint density at radius 1 is 1.29 bits per heavy atom. The third-order valence-corrected chi connectivity index (χ3v) is 2.61. The van der Waals surface area contributed by atoms with Crippen LogP contribution in [0.4, 0.5) is 0 Å². The number of unbranched alkanes of at least 4 members (excludes halogenated alkanes) is 1. The van der Waals surface area contributed by atoms with Gasteiger partial charge in [0.05, 0.1) is 6.61 Å². The van der Waals surface area contributed by atoms with Crippen LogP contribution in [-0.4, -0.2) is 36.9 Å². The molecule has 0 saturated heterocycles. The van der Waals surface area contributed by atoms with Gasteiger partial charge in [-0.2, -0.15) is 0 Å². The normalized spacial score (nSPS) is 12.9. The van der Waals surface area contributed by atoms with E-state index in [1.165, 1.54) is 0 Å². The Hall–Kier alpha value is -0.610. The molecule has 0 aromatic rings. The van der Waals surface area contributed by atoms with E-state index in [1.807, 2.05) is 0 Å². The van der Waals surface area contributed by atoms with E-state index in [-0.39, 0.29) is 0 Å². The van der Waals surface area contributed by atoms with Gasteiger partial charge in [0.25, 0.3) is 0 Å². The first kappa shape index (κ1) is 16.4. The van der Waals surface area contributed by atoms with Gasteiger partial charge >= 0.3 is 5.97 Å². The number of aliphatic carboxylic acids is 1. The minimum Gasteiger partial charge on any atom is -0.480 e. The third kappa shape index (κ3) is 10.3. The second-order valence-corrected chi connectivity index (χ2v) is 4.78. The molecule has 0 aromatic carbocycles. The maximum absolute atomic E-state index is 11.0. The molecular weight excluding hydrogens is 218 g/mol. The van der Waals surface area contributed by atoms with Crippen LogP contribution in [0.2, 0.25) is 0 Å². The molecule has 1 atom stereocenters. The van der Waals surface area contributed by atoms with Gasteiger partial charge in [-0.15, -0.1) is 0 Å². The molecule has 0 heterocycles. The van der Waals surface area contributed by atoms with Crippen molar-refractivity contribution in [2.75, 3.05) is 19.8 Å².